The number of esters is 1. The lowest BCUT2D eigenvalue weighted by atomic mass is 10.1. The summed E-state index contributed by atoms with van der Waals surface area (Å²) in [6.45, 7) is 1.37. The molecule has 2 aromatic rings. The van der Waals surface area contributed by atoms with Crippen LogP contribution in [0.1, 0.15) is 18.1 Å². The quantitative estimate of drug-likeness (QED) is 0.391. The van der Waals surface area contributed by atoms with Gasteiger partial charge in [0.05, 0.1) is 13.2 Å². The Morgan fingerprint density at radius 2 is 1.67 bits per heavy atom. The molecule has 0 radical (unpaired) electrons. The molecule has 2 aromatic carbocycles. The fourth-order valence-electron chi connectivity index (χ4n) is 2.68. The van der Waals surface area contributed by atoms with Crippen LogP contribution in [0, 0.1) is 0 Å². The molecule has 0 saturated heterocycles. The molecule has 1 N–H and O–H groups in total. The van der Waals surface area contributed by atoms with E-state index in [9.17, 15) is 19.2 Å². The third-order valence-corrected chi connectivity index (χ3v) is 4.14. The number of urea groups is 1. The summed E-state index contributed by atoms with van der Waals surface area (Å²) < 4.78 is 5.04. The van der Waals surface area contributed by atoms with Crippen molar-refractivity contribution >= 4 is 30.3 Å². The first kappa shape index (κ1) is 22.5. The van der Waals surface area contributed by atoms with Crippen LogP contribution in [-0.2, 0) is 25.5 Å². The van der Waals surface area contributed by atoms with Crippen molar-refractivity contribution in [1.29, 1.82) is 0 Å². The van der Waals surface area contributed by atoms with E-state index in [-0.39, 0.29) is 13.0 Å². The Hall–Kier alpha value is -3.74. The zero-order chi connectivity index (χ0) is 21.8. The SMILES string of the molecule is CCOC(=O)C(Cc1ccccc1)NC(=O)N(CC=O)C(=O)C=Cc1ccccc1. The molecular formula is C23H24N2O5. The van der Waals surface area contributed by atoms with E-state index in [4.69, 9.17) is 4.74 Å². The number of rotatable bonds is 9. The third kappa shape index (κ3) is 7.01. The monoisotopic (exact) mass is 408 g/mol. The molecule has 2 rings (SSSR count). The van der Waals surface area contributed by atoms with E-state index in [0.29, 0.717) is 6.29 Å². The highest BCUT2D eigenvalue weighted by Gasteiger charge is 2.27. The number of nitrogens with zero attached hydrogens (tertiary/aromatic N) is 1. The van der Waals surface area contributed by atoms with Crippen LogP contribution in [0.3, 0.4) is 0 Å². The van der Waals surface area contributed by atoms with Gasteiger partial charge in [-0.2, -0.15) is 0 Å². The summed E-state index contributed by atoms with van der Waals surface area (Å²) in [6.07, 6.45) is 3.38. The van der Waals surface area contributed by atoms with Crippen LogP contribution >= 0.6 is 0 Å². The molecule has 0 heterocycles. The number of nitrogens with one attached hydrogen (secondary N) is 1. The van der Waals surface area contributed by atoms with Gasteiger partial charge in [-0.25, -0.2) is 9.59 Å². The number of benzene rings is 2. The summed E-state index contributed by atoms with van der Waals surface area (Å²) in [7, 11) is 0. The summed E-state index contributed by atoms with van der Waals surface area (Å²) in [4.78, 5) is 49.3. The van der Waals surface area contributed by atoms with E-state index >= 15 is 0 Å². The standard InChI is InChI=1S/C23H24N2O5/c1-2-30-22(28)20(17-19-11-7-4-8-12-19)24-23(29)25(15-16-26)21(27)14-13-18-9-5-3-6-10-18/h3-14,16,20H,2,15,17H2,1H3,(H,24,29). The predicted molar refractivity (Wildman–Crippen MR) is 112 cm³/mol. The lowest BCUT2D eigenvalue weighted by Crippen LogP contribution is -2.51. The number of hydrogen-bond acceptors (Lipinski definition) is 5. The van der Waals surface area contributed by atoms with Gasteiger partial charge < -0.3 is 14.8 Å². The summed E-state index contributed by atoms with van der Waals surface area (Å²) in [6, 6.07) is 16.3. The molecule has 0 aliphatic heterocycles. The number of carbonyl (C=O) groups excluding carboxylic acids is 4. The van der Waals surface area contributed by atoms with E-state index in [1.807, 2.05) is 48.5 Å². The Bertz CT molecular complexity index is 881. The van der Waals surface area contributed by atoms with Gasteiger partial charge in [0.15, 0.2) is 0 Å². The summed E-state index contributed by atoms with van der Waals surface area (Å²) in [5.41, 5.74) is 1.58. The molecule has 3 amide bonds. The first-order chi connectivity index (χ1) is 14.5. The van der Waals surface area contributed by atoms with Gasteiger partial charge in [-0.05, 0) is 24.1 Å². The minimum Gasteiger partial charge on any atom is -0.464 e. The van der Waals surface area contributed by atoms with Gasteiger partial charge in [-0.3, -0.25) is 9.69 Å². The van der Waals surface area contributed by atoms with E-state index in [1.165, 1.54) is 6.08 Å². The molecular weight excluding hydrogens is 384 g/mol. The van der Waals surface area contributed by atoms with Crippen LogP contribution in [0.2, 0.25) is 0 Å². The van der Waals surface area contributed by atoms with Gasteiger partial charge in [0, 0.05) is 12.5 Å². The molecule has 0 fully saturated rings. The maximum absolute atomic E-state index is 12.7. The molecule has 7 nitrogen and oxygen atoms in total. The second kappa shape index (κ2) is 12.0. The Morgan fingerprint density at radius 3 is 2.27 bits per heavy atom. The van der Waals surface area contributed by atoms with Crippen molar-refractivity contribution in [3.8, 4) is 0 Å². The average Bonchev–Trinajstić information content (AvgIpc) is 2.77. The third-order valence-electron chi connectivity index (χ3n) is 4.14. The highest BCUT2D eigenvalue weighted by Crippen LogP contribution is 2.07. The van der Waals surface area contributed by atoms with Crippen molar-refractivity contribution in [2.45, 2.75) is 19.4 Å². The highest BCUT2D eigenvalue weighted by atomic mass is 16.5. The Labute approximate surface area is 175 Å². The number of carbonyl (C=O) groups is 4. The fourth-order valence-corrected chi connectivity index (χ4v) is 2.68. The number of ether oxygens (including phenoxy) is 1. The largest absolute Gasteiger partial charge is 0.464 e. The summed E-state index contributed by atoms with van der Waals surface area (Å²) in [5, 5.41) is 2.51. The lowest BCUT2D eigenvalue weighted by Gasteiger charge is -2.22. The van der Waals surface area contributed by atoms with Crippen LogP contribution < -0.4 is 5.32 Å². The molecule has 0 aromatic heterocycles. The van der Waals surface area contributed by atoms with Crippen LogP contribution in [-0.4, -0.2) is 48.3 Å². The predicted octanol–water partition coefficient (Wildman–Crippen LogP) is 2.61. The number of aldehydes is 1. The molecule has 1 unspecified atom stereocenters. The van der Waals surface area contributed by atoms with Gasteiger partial charge in [0.1, 0.15) is 12.3 Å². The molecule has 0 aliphatic rings. The number of imide groups is 1. The van der Waals surface area contributed by atoms with E-state index in [2.05, 4.69) is 5.32 Å². The van der Waals surface area contributed by atoms with Crippen LogP contribution in [0.4, 0.5) is 4.79 Å². The molecule has 0 bridgehead atoms. The molecule has 0 spiro atoms. The Kier molecular flexibility index (Phi) is 8.99. The fraction of sp³-hybridized carbons (Fsp3) is 0.217. The van der Waals surface area contributed by atoms with Gasteiger partial charge in [0.25, 0.3) is 5.91 Å². The first-order valence-corrected chi connectivity index (χ1v) is 9.54. The molecule has 156 valence electrons. The topological polar surface area (TPSA) is 92.8 Å². The normalized spacial score (nSPS) is 11.5. The van der Waals surface area contributed by atoms with E-state index in [0.717, 1.165) is 16.0 Å². The second-order valence-electron chi connectivity index (χ2n) is 6.30. The summed E-state index contributed by atoms with van der Waals surface area (Å²) in [5.74, 6) is -1.29. The number of hydrogen-bond donors (Lipinski definition) is 1. The van der Waals surface area contributed by atoms with Gasteiger partial charge in [0.2, 0.25) is 0 Å². The van der Waals surface area contributed by atoms with Crippen molar-refractivity contribution < 1.29 is 23.9 Å². The molecule has 30 heavy (non-hydrogen) atoms. The van der Waals surface area contributed by atoms with Crippen molar-refractivity contribution in [1.82, 2.24) is 10.2 Å². The highest BCUT2D eigenvalue weighted by molar-refractivity contribution is 6.04. The van der Waals surface area contributed by atoms with Crippen LogP contribution in [0.25, 0.3) is 6.08 Å². The molecule has 0 saturated carbocycles. The van der Waals surface area contributed by atoms with Crippen molar-refractivity contribution in [2.75, 3.05) is 13.2 Å². The van der Waals surface area contributed by atoms with Crippen LogP contribution in [0.5, 0.6) is 0 Å². The van der Waals surface area contributed by atoms with Crippen molar-refractivity contribution in [3.05, 3.63) is 77.9 Å². The molecule has 1 atom stereocenters. The maximum atomic E-state index is 12.7. The minimum absolute atomic E-state index is 0.150. The molecule has 7 heteroatoms. The Morgan fingerprint density at radius 1 is 1.03 bits per heavy atom. The lowest BCUT2D eigenvalue weighted by molar-refractivity contribution is -0.145. The average molecular weight is 408 g/mol. The zero-order valence-electron chi connectivity index (χ0n) is 16.7. The minimum atomic E-state index is -1.00. The van der Waals surface area contributed by atoms with Gasteiger partial charge in [-0.15, -0.1) is 0 Å². The molecule has 0 aliphatic carbocycles. The summed E-state index contributed by atoms with van der Waals surface area (Å²) >= 11 is 0. The maximum Gasteiger partial charge on any atom is 0.329 e. The van der Waals surface area contributed by atoms with Gasteiger partial charge in [-0.1, -0.05) is 60.7 Å². The smallest absolute Gasteiger partial charge is 0.329 e. The zero-order valence-corrected chi connectivity index (χ0v) is 16.7. The van der Waals surface area contributed by atoms with Crippen LogP contribution in [0.15, 0.2) is 66.7 Å². The Balaban J connectivity index is 2.14. The number of amides is 3. The van der Waals surface area contributed by atoms with Crippen molar-refractivity contribution in [2.24, 2.45) is 0 Å². The first-order valence-electron chi connectivity index (χ1n) is 9.54. The van der Waals surface area contributed by atoms with E-state index < -0.39 is 30.5 Å². The second-order valence-corrected chi connectivity index (χ2v) is 6.30. The van der Waals surface area contributed by atoms with E-state index in [1.54, 1.807) is 25.1 Å². The van der Waals surface area contributed by atoms with Crippen molar-refractivity contribution in [3.63, 3.8) is 0 Å². The van der Waals surface area contributed by atoms with Gasteiger partial charge >= 0.3 is 12.0 Å².